The van der Waals surface area contributed by atoms with E-state index in [-0.39, 0.29) is 23.7 Å². The van der Waals surface area contributed by atoms with Gasteiger partial charge in [-0.1, -0.05) is 13.8 Å². The van der Waals surface area contributed by atoms with Crippen LogP contribution in [-0.4, -0.2) is 31.3 Å². The van der Waals surface area contributed by atoms with Gasteiger partial charge in [0.2, 0.25) is 0 Å². The Morgan fingerprint density at radius 1 is 1.33 bits per heavy atom. The second kappa shape index (κ2) is 5.94. The molecule has 8 heteroatoms. The minimum absolute atomic E-state index is 0.0476. The normalized spacial score (nSPS) is 12.6. The van der Waals surface area contributed by atoms with Gasteiger partial charge in [-0.2, -0.15) is 0 Å². The van der Waals surface area contributed by atoms with E-state index in [1.54, 1.807) is 0 Å². The predicted octanol–water partition coefficient (Wildman–Crippen LogP) is 2.29. The molecule has 112 valence electrons. The molecule has 0 saturated carbocycles. The molecule has 0 spiro atoms. The van der Waals surface area contributed by atoms with E-state index in [4.69, 9.17) is 5.11 Å². The van der Waals surface area contributed by atoms with Crippen LogP contribution in [0.1, 0.15) is 26.3 Å². The number of halogens is 2. The van der Waals surface area contributed by atoms with Gasteiger partial charge in [0.25, 0.3) is 0 Å². The summed E-state index contributed by atoms with van der Waals surface area (Å²) in [5.41, 5.74) is 0.287. The Kier molecular flexibility index (Phi) is 4.25. The first kappa shape index (κ1) is 15.0. The molecular formula is C13H14F2N4O2. The maximum Gasteiger partial charge on any atom is 0.305 e. The van der Waals surface area contributed by atoms with E-state index in [0.29, 0.717) is 0 Å². The fourth-order valence-electron chi connectivity index (χ4n) is 2.03. The van der Waals surface area contributed by atoms with Crippen LogP contribution < -0.4 is 0 Å². The van der Waals surface area contributed by atoms with E-state index in [0.717, 1.165) is 12.1 Å². The molecule has 2 rings (SSSR count). The average Bonchev–Trinajstić information content (AvgIpc) is 2.87. The first-order valence-corrected chi connectivity index (χ1v) is 6.35. The fourth-order valence-corrected chi connectivity index (χ4v) is 2.03. The molecule has 1 N–H and O–H groups in total. The Labute approximate surface area is 119 Å². The van der Waals surface area contributed by atoms with E-state index >= 15 is 0 Å². The molecule has 6 nitrogen and oxygen atoms in total. The van der Waals surface area contributed by atoms with Crippen LogP contribution in [-0.2, 0) is 4.79 Å². The lowest BCUT2D eigenvalue weighted by Gasteiger charge is -2.20. The third-order valence-electron chi connectivity index (χ3n) is 3.14. The van der Waals surface area contributed by atoms with Crippen molar-refractivity contribution < 1.29 is 18.7 Å². The number of carboxylic acids is 1. The zero-order valence-corrected chi connectivity index (χ0v) is 11.5. The Balaban J connectivity index is 2.45. The molecule has 0 saturated heterocycles. The van der Waals surface area contributed by atoms with Gasteiger partial charge in [0.15, 0.2) is 17.5 Å². The zero-order chi connectivity index (χ0) is 15.6. The van der Waals surface area contributed by atoms with Crippen molar-refractivity contribution in [3.63, 3.8) is 0 Å². The van der Waals surface area contributed by atoms with Gasteiger partial charge in [-0.05, 0) is 34.5 Å². The number of carboxylic acid groups (broad SMARTS) is 1. The quantitative estimate of drug-likeness (QED) is 0.915. The van der Waals surface area contributed by atoms with E-state index in [2.05, 4.69) is 15.5 Å². The minimum Gasteiger partial charge on any atom is -0.481 e. The van der Waals surface area contributed by atoms with Gasteiger partial charge < -0.3 is 5.11 Å². The summed E-state index contributed by atoms with van der Waals surface area (Å²) in [4.78, 5) is 11.0. The predicted molar refractivity (Wildman–Crippen MR) is 69.3 cm³/mol. The number of hydrogen-bond acceptors (Lipinski definition) is 4. The molecule has 21 heavy (non-hydrogen) atoms. The molecule has 0 aliphatic carbocycles. The van der Waals surface area contributed by atoms with E-state index in [1.165, 1.54) is 10.7 Å². The van der Waals surface area contributed by atoms with Crippen molar-refractivity contribution in [3.8, 4) is 11.4 Å². The molecule has 0 aliphatic heterocycles. The highest BCUT2D eigenvalue weighted by Crippen LogP contribution is 2.27. The summed E-state index contributed by atoms with van der Waals surface area (Å²) in [6.07, 6.45) is -0.167. The van der Waals surface area contributed by atoms with Gasteiger partial charge in [-0.15, -0.1) is 5.10 Å². The number of rotatable bonds is 5. The summed E-state index contributed by atoms with van der Waals surface area (Å²) in [5.74, 6) is -2.81. The maximum absolute atomic E-state index is 13.3. The Hall–Kier alpha value is -2.38. The number of nitrogens with zero attached hydrogens (tertiary/aromatic N) is 4. The van der Waals surface area contributed by atoms with Crippen LogP contribution in [0.25, 0.3) is 11.4 Å². The van der Waals surface area contributed by atoms with Gasteiger partial charge in [-0.25, -0.2) is 13.5 Å². The Morgan fingerprint density at radius 3 is 2.62 bits per heavy atom. The first-order valence-electron chi connectivity index (χ1n) is 6.35. The third-order valence-corrected chi connectivity index (χ3v) is 3.14. The standard InChI is InChI=1S/C13H14F2N4O2/c1-7(2)11(6-12(20)21)19-13(16-17-18-19)8-3-4-9(14)10(15)5-8/h3-5,7,11H,6H2,1-2H3,(H,20,21). The number of aromatic nitrogens is 4. The van der Waals surface area contributed by atoms with Crippen LogP contribution in [0.2, 0.25) is 0 Å². The van der Waals surface area contributed by atoms with Gasteiger partial charge in [-0.3, -0.25) is 4.79 Å². The van der Waals surface area contributed by atoms with Gasteiger partial charge in [0.1, 0.15) is 0 Å². The van der Waals surface area contributed by atoms with Gasteiger partial charge in [0, 0.05) is 5.56 Å². The van der Waals surface area contributed by atoms with Crippen molar-refractivity contribution in [3.05, 3.63) is 29.8 Å². The minimum atomic E-state index is -1.01. The van der Waals surface area contributed by atoms with Crippen molar-refractivity contribution in [2.45, 2.75) is 26.3 Å². The van der Waals surface area contributed by atoms with E-state index in [1.807, 2.05) is 13.8 Å². The SMILES string of the molecule is CC(C)C(CC(=O)O)n1nnnc1-c1ccc(F)c(F)c1. The number of hydrogen-bond donors (Lipinski definition) is 1. The summed E-state index contributed by atoms with van der Waals surface area (Å²) in [6, 6.07) is 2.82. The van der Waals surface area contributed by atoms with Crippen molar-refractivity contribution in [1.29, 1.82) is 0 Å². The smallest absolute Gasteiger partial charge is 0.305 e. The second-order valence-corrected chi connectivity index (χ2v) is 4.99. The summed E-state index contributed by atoms with van der Waals surface area (Å²) >= 11 is 0. The van der Waals surface area contributed by atoms with Gasteiger partial charge in [0.05, 0.1) is 12.5 Å². The number of aliphatic carboxylic acids is 1. The first-order chi connectivity index (χ1) is 9.90. The lowest BCUT2D eigenvalue weighted by atomic mass is 10.0. The largest absolute Gasteiger partial charge is 0.481 e. The summed E-state index contributed by atoms with van der Waals surface area (Å²) in [7, 11) is 0. The molecule has 0 bridgehead atoms. The van der Waals surface area contributed by atoms with Crippen LogP contribution in [0, 0.1) is 17.6 Å². The summed E-state index contributed by atoms with van der Waals surface area (Å²) < 4.78 is 27.7. The average molecular weight is 296 g/mol. The monoisotopic (exact) mass is 296 g/mol. The lowest BCUT2D eigenvalue weighted by molar-refractivity contribution is -0.138. The molecule has 0 fully saturated rings. The van der Waals surface area contributed by atoms with Crippen LogP contribution >= 0.6 is 0 Å². The van der Waals surface area contributed by atoms with Crippen LogP contribution in [0.4, 0.5) is 8.78 Å². The van der Waals surface area contributed by atoms with Crippen molar-refractivity contribution >= 4 is 5.97 Å². The maximum atomic E-state index is 13.3. The molecular weight excluding hydrogens is 282 g/mol. The van der Waals surface area contributed by atoms with Crippen molar-refractivity contribution in [2.75, 3.05) is 0 Å². The highest BCUT2D eigenvalue weighted by Gasteiger charge is 2.24. The molecule has 1 aromatic heterocycles. The molecule has 1 heterocycles. The Morgan fingerprint density at radius 2 is 2.05 bits per heavy atom. The van der Waals surface area contributed by atoms with Gasteiger partial charge >= 0.3 is 5.97 Å². The molecule has 2 aromatic rings. The Bertz CT molecular complexity index is 657. The molecule has 1 unspecified atom stereocenters. The molecule has 0 radical (unpaired) electrons. The molecule has 0 aliphatic rings. The van der Waals surface area contributed by atoms with Crippen LogP contribution in [0.15, 0.2) is 18.2 Å². The topological polar surface area (TPSA) is 80.9 Å². The highest BCUT2D eigenvalue weighted by atomic mass is 19.2. The van der Waals surface area contributed by atoms with Crippen LogP contribution in [0.3, 0.4) is 0 Å². The van der Waals surface area contributed by atoms with E-state index in [9.17, 15) is 13.6 Å². The fraction of sp³-hybridized carbons (Fsp3) is 0.385. The molecule has 1 atom stereocenters. The number of tetrazole rings is 1. The summed E-state index contributed by atoms with van der Waals surface area (Å²) in [5, 5.41) is 20.1. The molecule has 1 aromatic carbocycles. The molecule has 0 amide bonds. The van der Waals surface area contributed by atoms with Crippen molar-refractivity contribution in [1.82, 2.24) is 20.2 Å². The number of benzene rings is 1. The summed E-state index contributed by atoms with van der Waals surface area (Å²) in [6.45, 7) is 3.68. The second-order valence-electron chi connectivity index (χ2n) is 4.99. The zero-order valence-electron chi connectivity index (χ0n) is 11.5. The van der Waals surface area contributed by atoms with Crippen molar-refractivity contribution in [2.24, 2.45) is 5.92 Å². The van der Waals surface area contributed by atoms with Crippen LogP contribution in [0.5, 0.6) is 0 Å². The van der Waals surface area contributed by atoms with E-state index < -0.39 is 23.6 Å². The third kappa shape index (κ3) is 3.21. The lowest BCUT2D eigenvalue weighted by Crippen LogP contribution is -2.21. The number of carbonyl (C=O) groups is 1. The highest BCUT2D eigenvalue weighted by molar-refractivity contribution is 5.67.